The van der Waals surface area contributed by atoms with Crippen LogP contribution in [0.1, 0.15) is 28.7 Å². The lowest BCUT2D eigenvalue weighted by atomic mass is 10.1. The van der Waals surface area contributed by atoms with E-state index in [1.165, 1.54) is 19.1 Å². The maximum absolute atomic E-state index is 13.5. The highest BCUT2D eigenvalue weighted by Gasteiger charge is 2.09. The monoisotopic (exact) mass is 249 g/mol. The molecule has 0 spiro atoms. The number of benzene rings is 1. The maximum Gasteiger partial charge on any atom is 0.162 e. The molecule has 0 saturated carbocycles. The Kier molecular flexibility index (Phi) is 3.41. The van der Waals surface area contributed by atoms with Crippen molar-refractivity contribution in [2.24, 2.45) is 0 Å². The fraction of sp³-hybridized carbons (Fsp3) is 0.231. The molecule has 2 rings (SSSR count). The highest BCUT2D eigenvalue weighted by atomic mass is 19.1. The van der Waals surface area contributed by atoms with Crippen LogP contribution in [0.4, 0.5) is 4.39 Å². The van der Waals surface area contributed by atoms with Crippen LogP contribution >= 0.6 is 0 Å². The molecule has 1 heterocycles. The molecule has 0 radical (unpaired) electrons. The molecule has 0 unspecified atom stereocenters. The molecule has 0 saturated heterocycles. The van der Waals surface area contributed by atoms with Gasteiger partial charge in [-0.05, 0) is 26.0 Å². The largest absolute Gasteiger partial charge is 0.487 e. The molecule has 0 atom stereocenters. The third-order valence-electron chi connectivity index (χ3n) is 2.38. The summed E-state index contributed by atoms with van der Waals surface area (Å²) in [6.07, 6.45) is 0. The molecule has 94 valence electrons. The van der Waals surface area contributed by atoms with Crippen molar-refractivity contribution < 1.29 is 18.4 Å². The topological polar surface area (TPSA) is 52.3 Å². The Hall–Kier alpha value is -2.17. The number of ether oxygens (including phenoxy) is 1. The Balaban J connectivity index is 2.06. The van der Waals surface area contributed by atoms with E-state index in [4.69, 9.17) is 9.26 Å². The summed E-state index contributed by atoms with van der Waals surface area (Å²) >= 11 is 0. The molecule has 2 aromatic rings. The minimum Gasteiger partial charge on any atom is -0.487 e. The summed E-state index contributed by atoms with van der Waals surface area (Å²) in [5.41, 5.74) is 0.684. The van der Waals surface area contributed by atoms with E-state index in [1.54, 1.807) is 19.1 Å². The minimum absolute atomic E-state index is 0.0552. The van der Waals surface area contributed by atoms with Crippen LogP contribution in [-0.2, 0) is 6.61 Å². The Labute approximate surface area is 103 Å². The summed E-state index contributed by atoms with van der Waals surface area (Å²) in [6, 6.07) is 5.87. The first-order valence-corrected chi connectivity index (χ1v) is 5.42. The summed E-state index contributed by atoms with van der Waals surface area (Å²) in [5, 5.41) is 3.75. The van der Waals surface area contributed by atoms with Gasteiger partial charge in [-0.3, -0.25) is 4.79 Å². The zero-order valence-corrected chi connectivity index (χ0v) is 10.1. The van der Waals surface area contributed by atoms with Crippen LogP contribution in [0.3, 0.4) is 0 Å². The van der Waals surface area contributed by atoms with Gasteiger partial charge in [0, 0.05) is 12.1 Å². The number of halogens is 1. The van der Waals surface area contributed by atoms with Gasteiger partial charge in [0.2, 0.25) is 0 Å². The molecule has 1 aromatic carbocycles. The zero-order valence-electron chi connectivity index (χ0n) is 10.1. The number of carbonyl (C=O) groups excluding carboxylic acids is 1. The predicted molar refractivity (Wildman–Crippen MR) is 62.0 cm³/mol. The average Bonchev–Trinajstić information content (AvgIpc) is 2.72. The molecule has 0 amide bonds. The molecule has 4 nitrogen and oxygen atoms in total. The van der Waals surface area contributed by atoms with Crippen LogP contribution in [-0.4, -0.2) is 10.9 Å². The number of hydrogen-bond acceptors (Lipinski definition) is 4. The first-order valence-electron chi connectivity index (χ1n) is 5.42. The van der Waals surface area contributed by atoms with Gasteiger partial charge in [0.15, 0.2) is 5.78 Å². The number of hydrogen-bond donors (Lipinski definition) is 0. The zero-order chi connectivity index (χ0) is 13.1. The summed E-state index contributed by atoms with van der Waals surface area (Å²) in [4.78, 5) is 11.1. The first kappa shape index (κ1) is 12.3. The van der Waals surface area contributed by atoms with Gasteiger partial charge < -0.3 is 9.26 Å². The molecule has 1 aromatic heterocycles. The number of rotatable bonds is 4. The van der Waals surface area contributed by atoms with E-state index in [0.717, 1.165) is 0 Å². The summed E-state index contributed by atoms with van der Waals surface area (Å²) in [5.74, 6) is 0.132. The summed E-state index contributed by atoms with van der Waals surface area (Å²) in [7, 11) is 0. The Morgan fingerprint density at radius 2 is 2.22 bits per heavy atom. The van der Waals surface area contributed by atoms with Gasteiger partial charge in [-0.25, -0.2) is 4.39 Å². The Morgan fingerprint density at radius 1 is 1.44 bits per heavy atom. The van der Waals surface area contributed by atoms with E-state index in [-0.39, 0.29) is 18.0 Å². The molecule has 0 bridgehead atoms. The molecule has 0 aliphatic carbocycles. The lowest BCUT2D eigenvalue weighted by Gasteiger charge is -2.05. The molecule has 0 N–H and O–H groups in total. The number of aryl methyl sites for hydroxylation is 1. The smallest absolute Gasteiger partial charge is 0.162 e. The minimum atomic E-state index is -0.587. The van der Waals surface area contributed by atoms with Crippen molar-refractivity contribution in [3.8, 4) is 5.75 Å². The van der Waals surface area contributed by atoms with E-state index in [9.17, 15) is 9.18 Å². The predicted octanol–water partition coefficient (Wildman–Crippen LogP) is 2.90. The van der Waals surface area contributed by atoms with Crippen LogP contribution in [0, 0.1) is 12.7 Å². The van der Waals surface area contributed by atoms with Crippen molar-refractivity contribution in [3.63, 3.8) is 0 Å². The highest BCUT2D eigenvalue weighted by Crippen LogP contribution is 2.18. The maximum atomic E-state index is 13.5. The molecular formula is C13H12FNO3. The fourth-order valence-electron chi connectivity index (χ4n) is 1.51. The number of ketones is 1. The van der Waals surface area contributed by atoms with E-state index >= 15 is 0 Å². The van der Waals surface area contributed by atoms with Crippen LogP contribution in [0.2, 0.25) is 0 Å². The summed E-state index contributed by atoms with van der Waals surface area (Å²) in [6.45, 7) is 3.28. The second kappa shape index (κ2) is 5.00. The average molecular weight is 249 g/mol. The Morgan fingerprint density at radius 3 is 2.78 bits per heavy atom. The van der Waals surface area contributed by atoms with Crippen molar-refractivity contribution >= 4 is 5.78 Å². The van der Waals surface area contributed by atoms with Gasteiger partial charge in [-0.1, -0.05) is 5.16 Å². The van der Waals surface area contributed by atoms with Gasteiger partial charge in [0.1, 0.15) is 29.6 Å². The normalized spacial score (nSPS) is 10.4. The standard InChI is InChI=1S/C13H12FNO3/c1-8-5-10(15-18-8)7-17-11-3-4-12(9(2)16)13(14)6-11/h3-6H,7H2,1-2H3. The molecule has 0 aliphatic rings. The van der Waals surface area contributed by atoms with Gasteiger partial charge in [0.05, 0.1) is 5.56 Å². The van der Waals surface area contributed by atoms with Gasteiger partial charge in [0.25, 0.3) is 0 Å². The molecular weight excluding hydrogens is 237 g/mol. The number of Topliss-reactive ketones (excluding diaryl/α,β-unsaturated/α-hetero) is 1. The molecule has 18 heavy (non-hydrogen) atoms. The van der Waals surface area contributed by atoms with E-state index in [2.05, 4.69) is 5.16 Å². The Bertz CT molecular complexity index is 577. The van der Waals surface area contributed by atoms with Gasteiger partial charge in [-0.2, -0.15) is 0 Å². The molecule has 5 heteroatoms. The highest BCUT2D eigenvalue weighted by molar-refractivity contribution is 5.94. The molecule has 0 aliphatic heterocycles. The number of aromatic nitrogens is 1. The van der Waals surface area contributed by atoms with Crippen LogP contribution in [0.15, 0.2) is 28.8 Å². The van der Waals surface area contributed by atoms with Gasteiger partial charge in [-0.15, -0.1) is 0 Å². The van der Waals surface area contributed by atoms with Crippen molar-refractivity contribution in [1.82, 2.24) is 5.16 Å². The third-order valence-corrected chi connectivity index (χ3v) is 2.38. The quantitative estimate of drug-likeness (QED) is 0.782. The lowest BCUT2D eigenvalue weighted by Crippen LogP contribution is -2.00. The first-order chi connectivity index (χ1) is 8.56. The second-order valence-electron chi connectivity index (χ2n) is 3.92. The van der Waals surface area contributed by atoms with E-state index in [0.29, 0.717) is 17.2 Å². The number of nitrogens with zero attached hydrogens (tertiary/aromatic N) is 1. The second-order valence-corrected chi connectivity index (χ2v) is 3.92. The van der Waals surface area contributed by atoms with Crippen molar-refractivity contribution in [2.75, 3.05) is 0 Å². The van der Waals surface area contributed by atoms with Crippen molar-refractivity contribution in [1.29, 1.82) is 0 Å². The van der Waals surface area contributed by atoms with Crippen LogP contribution in [0.25, 0.3) is 0 Å². The van der Waals surface area contributed by atoms with Crippen molar-refractivity contribution in [2.45, 2.75) is 20.5 Å². The van der Waals surface area contributed by atoms with Crippen molar-refractivity contribution in [3.05, 3.63) is 47.1 Å². The van der Waals surface area contributed by atoms with Crippen LogP contribution in [0.5, 0.6) is 5.75 Å². The SMILES string of the molecule is CC(=O)c1ccc(OCc2cc(C)on2)cc1F. The lowest BCUT2D eigenvalue weighted by molar-refractivity contribution is 0.101. The van der Waals surface area contributed by atoms with E-state index < -0.39 is 5.82 Å². The van der Waals surface area contributed by atoms with Gasteiger partial charge >= 0.3 is 0 Å². The fourth-order valence-corrected chi connectivity index (χ4v) is 1.51. The van der Waals surface area contributed by atoms with E-state index in [1.807, 2.05) is 0 Å². The van der Waals surface area contributed by atoms with Crippen LogP contribution < -0.4 is 4.74 Å². The third kappa shape index (κ3) is 2.74. The summed E-state index contributed by atoms with van der Waals surface area (Å²) < 4.78 is 23.7. The number of carbonyl (C=O) groups is 1. The molecule has 0 fully saturated rings.